The second kappa shape index (κ2) is 13.1. The predicted octanol–water partition coefficient (Wildman–Crippen LogP) is 7.31. The number of hydrogen-bond donors (Lipinski definition) is 1. The number of aryl methyl sites for hydroxylation is 3. The Labute approximate surface area is 205 Å². The first kappa shape index (κ1) is 26.5. The molecule has 4 aromatic rings. The van der Waals surface area contributed by atoms with Gasteiger partial charge in [0.2, 0.25) is 0 Å². The molecule has 4 rings (SSSR count). The molecule has 0 radical (unpaired) electrons. The van der Waals surface area contributed by atoms with E-state index in [4.69, 9.17) is 4.74 Å². The number of nitrogens with zero attached hydrogens (tertiary/aromatic N) is 2. The summed E-state index contributed by atoms with van der Waals surface area (Å²) in [5.41, 5.74) is 5.77. The van der Waals surface area contributed by atoms with Crippen molar-refractivity contribution >= 4 is 32.6 Å². The van der Waals surface area contributed by atoms with Crippen LogP contribution >= 0.6 is 11.3 Å². The Hall–Kier alpha value is -3.77. The van der Waals surface area contributed by atoms with Gasteiger partial charge in [-0.1, -0.05) is 66.0 Å². The van der Waals surface area contributed by atoms with Crippen LogP contribution in [0, 0.1) is 20.8 Å². The molecule has 0 spiro atoms. The van der Waals surface area contributed by atoms with Gasteiger partial charge in [-0.2, -0.15) is 0 Å². The highest BCUT2D eigenvalue weighted by Crippen LogP contribution is 2.26. The molecule has 0 aliphatic rings. The molecule has 2 aromatic heterocycles. The van der Waals surface area contributed by atoms with Crippen molar-refractivity contribution in [1.29, 1.82) is 0 Å². The largest absolute Gasteiger partial charge is 0.497 e. The molecule has 2 heterocycles. The van der Waals surface area contributed by atoms with Crippen molar-refractivity contribution in [1.82, 2.24) is 9.97 Å². The molecule has 5 nitrogen and oxygen atoms in total. The summed E-state index contributed by atoms with van der Waals surface area (Å²) in [4.78, 5) is 20.6. The smallest absolute Gasteiger partial charge is 0.276 e. The molecular weight excluding hydrogens is 442 g/mol. The fraction of sp³-hybridized carbons (Fsp3) is 0.179. The average molecular weight is 474 g/mol. The molecule has 1 amide bonds. The lowest BCUT2D eigenvalue weighted by atomic mass is 10.2. The maximum atomic E-state index is 12.1. The number of nitrogens with one attached hydrogen (secondary N) is 1. The lowest BCUT2D eigenvalue weighted by molar-refractivity contribution is 0.102. The molecule has 1 N–H and O–H groups in total. The van der Waals surface area contributed by atoms with E-state index in [1.54, 1.807) is 25.4 Å². The molecule has 34 heavy (non-hydrogen) atoms. The van der Waals surface area contributed by atoms with E-state index >= 15 is 0 Å². The van der Waals surface area contributed by atoms with Crippen LogP contribution in [0.5, 0.6) is 5.75 Å². The first-order valence-corrected chi connectivity index (χ1v) is 11.5. The Morgan fingerprint density at radius 2 is 1.62 bits per heavy atom. The maximum absolute atomic E-state index is 12.1. The number of allylic oxidation sites excluding steroid dienone is 2. The monoisotopic (exact) mass is 473 g/mol. The minimum atomic E-state index is -0.235. The number of methoxy groups -OCH3 is 1. The number of ether oxygens (including phenoxy) is 1. The topological polar surface area (TPSA) is 64.1 Å². The van der Waals surface area contributed by atoms with Gasteiger partial charge in [0, 0.05) is 6.20 Å². The van der Waals surface area contributed by atoms with Crippen molar-refractivity contribution in [3.05, 3.63) is 108 Å². The van der Waals surface area contributed by atoms with Crippen LogP contribution in [0.1, 0.15) is 34.1 Å². The molecular formula is C28H31N3O2S. The first-order valence-electron chi connectivity index (χ1n) is 10.7. The summed E-state index contributed by atoms with van der Waals surface area (Å²) in [6.07, 6.45) is 3.40. The number of amides is 1. The van der Waals surface area contributed by atoms with Gasteiger partial charge in [0.05, 0.1) is 17.3 Å². The van der Waals surface area contributed by atoms with Gasteiger partial charge in [-0.25, -0.2) is 4.98 Å². The number of pyridine rings is 1. The van der Waals surface area contributed by atoms with Crippen molar-refractivity contribution in [3.8, 4) is 5.75 Å². The van der Waals surface area contributed by atoms with E-state index in [1.807, 2.05) is 63.2 Å². The van der Waals surface area contributed by atoms with Crippen molar-refractivity contribution in [2.45, 2.75) is 27.7 Å². The van der Waals surface area contributed by atoms with Crippen LogP contribution in [0.25, 0.3) is 10.2 Å². The standard InChI is InChI=1S/C15H13N3OS.C8H10O.C5H8/c1-9-3-5-11-13(7-9)20-15(17-11)18-14(19)12-6-4-10(2)8-16-12;1-7-3-5-8(9-2)6-4-7;1-4-5(2)3/h3-8H,1-2H3,(H,17,18,19);3-6H,1-2H3;4H,1-2H2,3H3. The van der Waals surface area contributed by atoms with E-state index < -0.39 is 0 Å². The van der Waals surface area contributed by atoms with Crippen molar-refractivity contribution in [3.63, 3.8) is 0 Å². The number of benzene rings is 2. The second-order valence-electron chi connectivity index (χ2n) is 7.73. The van der Waals surface area contributed by atoms with Gasteiger partial charge in [0.15, 0.2) is 5.13 Å². The number of rotatable bonds is 4. The van der Waals surface area contributed by atoms with E-state index in [9.17, 15) is 4.79 Å². The molecule has 0 unspecified atom stereocenters. The summed E-state index contributed by atoms with van der Waals surface area (Å²) in [6.45, 7) is 15.0. The molecule has 0 fully saturated rings. The zero-order chi connectivity index (χ0) is 25.1. The van der Waals surface area contributed by atoms with E-state index in [0.717, 1.165) is 27.1 Å². The lowest BCUT2D eigenvalue weighted by Crippen LogP contribution is -2.13. The summed E-state index contributed by atoms with van der Waals surface area (Å²) in [5.74, 6) is 0.682. The highest BCUT2D eigenvalue weighted by atomic mass is 32.1. The maximum Gasteiger partial charge on any atom is 0.276 e. The Morgan fingerprint density at radius 1 is 1.00 bits per heavy atom. The highest BCUT2D eigenvalue weighted by Gasteiger charge is 2.10. The summed E-state index contributed by atoms with van der Waals surface area (Å²) in [5, 5.41) is 3.39. The molecule has 0 saturated carbocycles. The van der Waals surface area contributed by atoms with Crippen LogP contribution in [-0.2, 0) is 0 Å². The van der Waals surface area contributed by atoms with E-state index in [2.05, 4.69) is 41.4 Å². The van der Waals surface area contributed by atoms with E-state index in [0.29, 0.717) is 10.8 Å². The van der Waals surface area contributed by atoms with Crippen molar-refractivity contribution in [2.75, 3.05) is 12.4 Å². The second-order valence-corrected chi connectivity index (χ2v) is 8.76. The number of anilines is 1. The van der Waals surface area contributed by atoms with Crippen LogP contribution in [0.15, 0.2) is 85.6 Å². The van der Waals surface area contributed by atoms with Crippen LogP contribution in [0.2, 0.25) is 0 Å². The Morgan fingerprint density at radius 3 is 2.18 bits per heavy atom. The number of aromatic nitrogens is 2. The lowest BCUT2D eigenvalue weighted by Gasteiger charge is -2.00. The van der Waals surface area contributed by atoms with Gasteiger partial charge in [0.25, 0.3) is 5.91 Å². The third kappa shape index (κ3) is 8.64. The third-order valence-electron chi connectivity index (χ3n) is 4.51. The summed E-state index contributed by atoms with van der Waals surface area (Å²) in [6, 6.07) is 17.6. The fourth-order valence-electron chi connectivity index (χ4n) is 2.52. The van der Waals surface area contributed by atoms with Crippen molar-refractivity contribution in [2.24, 2.45) is 0 Å². The van der Waals surface area contributed by atoms with Crippen molar-refractivity contribution < 1.29 is 9.53 Å². The summed E-state index contributed by atoms with van der Waals surface area (Å²) in [7, 11) is 1.67. The van der Waals surface area contributed by atoms with E-state index in [-0.39, 0.29) is 5.91 Å². The minimum Gasteiger partial charge on any atom is -0.497 e. The molecule has 176 valence electrons. The van der Waals surface area contributed by atoms with Crippen LogP contribution < -0.4 is 10.1 Å². The van der Waals surface area contributed by atoms with Crippen LogP contribution in [0.3, 0.4) is 0 Å². The average Bonchev–Trinajstić information content (AvgIpc) is 3.22. The van der Waals surface area contributed by atoms with Gasteiger partial charge >= 0.3 is 0 Å². The molecule has 0 aliphatic carbocycles. The fourth-order valence-corrected chi connectivity index (χ4v) is 3.48. The predicted molar refractivity (Wildman–Crippen MR) is 144 cm³/mol. The number of thiazole rings is 1. The number of carbonyl (C=O) groups excluding carboxylic acids is 1. The van der Waals surface area contributed by atoms with Gasteiger partial charge in [0.1, 0.15) is 11.4 Å². The SMILES string of the molecule is C=CC(=C)C.COc1ccc(C)cc1.Cc1ccc(C(=O)Nc2nc3ccc(C)cc3s2)nc1. The molecule has 2 aromatic carbocycles. The van der Waals surface area contributed by atoms with Gasteiger partial charge in [-0.3, -0.25) is 15.1 Å². The molecule has 0 bridgehead atoms. The zero-order valence-corrected chi connectivity index (χ0v) is 21.2. The molecule has 0 saturated heterocycles. The van der Waals surface area contributed by atoms with Crippen LogP contribution in [-0.4, -0.2) is 23.0 Å². The number of carbonyl (C=O) groups is 1. The quantitative estimate of drug-likeness (QED) is 0.316. The zero-order valence-electron chi connectivity index (χ0n) is 20.4. The van der Waals surface area contributed by atoms with Gasteiger partial charge in [-0.15, -0.1) is 0 Å². The number of hydrogen-bond acceptors (Lipinski definition) is 5. The first-order chi connectivity index (χ1) is 16.2. The Kier molecular flexibility index (Phi) is 10.2. The summed E-state index contributed by atoms with van der Waals surface area (Å²) < 4.78 is 6.04. The van der Waals surface area contributed by atoms with Crippen LogP contribution in [0.4, 0.5) is 5.13 Å². The highest BCUT2D eigenvalue weighted by molar-refractivity contribution is 7.22. The Bertz CT molecular complexity index is 1240. The summed E-state index contributed by atoms with van der Waals surface area (Å²) >= 11 is 1.47. The molecule has 0 atom stereocenters. The normalized spacial score (nSPS) is 9.68. The molecule has 0 aliphatic heterocycles. The van der Waals surface area contributed by atoms with E-state index in [1.165, 1.54) is 22.5 Å². The minimum absolute atomic E-state index is 0.235. The number of fused-ring (bicyclic) bond motifs is 1. The third-order valence-corrected chi connectivity index (χ3v) is 5.45. The molecule has 6 heteroatoms. The Balaban J connectivity index is 0.000000241. The van der Waals surface area contributed by atoms with Gasteiger partial charge in [-0.05, 0) is 69.2 Å². The van der Waals surface area contributed by atoms with Gasteiger partial charge < -0.3 is 4.74 Å².